The molecule has 120 valence electrons. The lowest BCUT2D eigenvalue weighted by Crippen LogP contribution is -2.01. The molecule has 1 unspecified atom stereocenters. The van der Waals surface area contributed by atoms with Gasteiger partial charge in [0.1, 0.15) is 11.6 Å². The fourth-order valence-electron chi connectivity index (χ4n) is 2.58. The Hall–Kier alpha value is -0.960. The predicted octanol–water partition coefficient (Wildman–Crippen LogP) is 5.92. The number of aliphatic hydroxyl groups excluding tert-OH is 1. The van der Waals surface area contributed by atoms with Crippen molar-refractivity contribution in [3.05, 3.63) is 35.4 Å². The van der Waals surface area contributed by atoms with E-state index in [0.717, 1.165) is 18.9 Å². The molecule has 0 radical (unpaired) electrons. The van der Waals surface area contributed by atoms with Gasteiger partial charge in [0, 0.05) is 11.6 Å². The monoisotopic (exact) mass is 298 g/mol. The molecule has 3 heteroatoms. The summed E-state index contributed by atoms with van der Waals surface area (Å²) in [5.41, 5.74) is 0.205. The summed E-state index contributed by atoms with van der Waals surface area (Å²) in [4.78, 5) is 0. The van der Waals surface area contributed by atoms with Crippen molar-refractivity contribution in [2.45, 2.75) is 77.2 Å². The Labute approximate surface area is 127 Å². The zero-order valence-electron chi connectivity index (χ0n) is 13.1. The summed E-state index contributed by atoms with van der Waals surface area (Å²) in [7, 11) is 0. The van der Waals surface area contributed by atoms with Gasteiger partial charge >= 0.3 is 0 Å². The summed E-state index contributed by atoms with van der Waals surface area (Å²) < 4.78 is 26.3. The van der Waals surface area contributed by atoms with Gasteiger partial charge in [0.05, 0.1) is 6.10 Å². The Kier molecular flexibility index (Phi) is 9.24. The van der Waals surface area contributed by atoms with Crippen LogP contribution in [0.4, 0.5) is 8.78 Å². The van der Waals surface area contributed by atoms with Crippen LogP contribution < -0.4 is 0 Å². The first-order valence-electron chi connectivity index (χ1n) is 8.28. The molecule has 21 heavy (non-hydrogen) atoms. The molecule has 0 saturated carbocycles. The van der Waals surface area contributed by atoms with E-state index in [-0.39, 0.29) is 5.56 Å². The minimum Gasteiger partial charge on any atom is -0.388 e. The third-order valence-electron chi connectivity index (χ3n) is 3.90. The van der Waals surface area contributed by atoms with Gasteiger partial charge in [-0.3, -0.25) is 0 Å². The van der Waals surface area contributed by atoms with E-state index in [1.54, 1.807) is 0 Å². The topological polar surface area (TPSA) is 20.2 Å². The van der Waals surface area contributed by atoms with Crippen LogP contribution >= 0.6 is 0 Å². The summed E-state index contributed by atoms with van der Waals surface area (Å²) in [5, 5.41) is 9.93. The van der Waals surface area contributed by atoms with Gasteiger partial charge in [-0.1, -0.05) is 70.8 Å². The molecule has 1 aromatic rings. The maximum absolute atomic E-state index is 13.5. The van der Waals surface area contributed by atoms with Gasteiger partial charge in [-0.15, -0.1) is 0 Å². The molecule has 0 aliphatic heterocycles. The highest BCUT2D eigenvalue weighted by atomic mass is 19.1. The molecule has 1 atom stereocenters. The van der Waals surface area contributed by atoms with Crippen LogP contribution in [0.2, 0.25) is 0 Å². The van der Waals surface area contributed by atoms with Crippen molar-refractivity contribution in [3.63, 3.8) is 0 Å². The Morgan fingerprint density at radius 3 is 2.05 bits per heavy atom. The van der Waals surface area contributed by atoms with Gasteiger partial charge in [-0.05, 0) is 12.5 Å². The molecule has 0 aromatic heterocycles. The largest absolute Gasteiger partial charge is 0.388 e. The molecule has 0 amide bonds. The third kappa shape index (κ3) is 7.56. The molecule has 0 bridgehead atoms. The Morgan fingerprint density at radius 1 is 0.905 bits per heavy atom. The van der Waals surface area contributed by atoms with Crippen LogP contribution in [0.5, 0.6) is 0 Å². The van der Waals surface area contributed by atoms with Gasteiger partial charge in [0.15, 0.2) is 0 Å². The maximum Gasteiger partial charge on any atom is 0.131 e. The highest BCUT2D eigenvalue weighted by molar-refractivity contribution is 5.20. The van der Waals surface area contributed by atoms with Gasteiger partial charge in [0.25, 0.3) is 0 Å². The molecule has 1 N–H and O–H groups in total. The number of hydrogen-bond acceptors (Lipinski definition) is 1. The third-order valence-corrected chi connectivity index (χ3v) is 3.90. The molecule has 0 saturated heterocycles. The normalized spacial score (nSPS) is 12.6. The second-order valence-electron chi connectivity index (χ2n) is 5.80. The highest BCUT2D eigenvalue weighted by Crippen LogP contribution is 2.23. The summed E-state index contributed by atoms with van der Waals surface area (Å²) in [6.45, 7) is 2.22. The van der Waals surface area contributed by atoms with E-state index >= 15 is 0 Å². The van der Waals surface area contributed by atoms with E-state index in [0.29, 0.717) is 6.42 Å². The van der Waals surface area contributed by atoms with Crippen molar-refractivity contribution >= 4 is 0 Å². The first-order chi connectivity index (χ1) is 10.1. The molecule has 0 aliphatic rings. The first-order valence-corrected chi connectivity index (χ1v) is 8.28. The minimum atomic E-state index is -0.824. The average Bonchev–Trinajstić information content (AvgIpc) is 2.45. The van der Waals surface area contributed by atoms with Crippen molar-refractivity contribution in [1.82, 2.24) is 0 Å². The lowest BCUT2D eigenvalue weighted by atomic mass is 10.0. The van der Waals surface area contributed by atoms with Crippen LogP contribution in [0, 0.1) is 11.6 Å². The van der Waals surface area contributed by atoms with Crippen molar-refractivity contribution in [3.8, 4) is 0 Å². The van der Waals surface area contributed by atoms with Crippen LogP contribution in [-0.4, -0.2) is 5.11 Å². The molecule has 1 aromatic carbocycles. The maximum atomic E-state index is 13.5. The Morgan fingerprint density at radius 2 is 1.48 bits per heavy atom. The Bertz CT molecular complexity index is 393. The quantitative estimate of drug-likeness (QED) is 0.503. The second-order valence-corrected chi connectivity index (χ2v) is 5.80. The van der Waals surface area contributed by atoms with Gasteiger partial charge in [-0.2, -0.15) is 0 Å². The van der Waals surface area contributed by atoms with Crippen molar-refractivity contribution in [1.29, 1.82) is 0 Å². The standard InChI is InChI=1S/C18H28F2O/c1-2-3-4-5-6-7-8-9-10-11-18(21)16-13-12-15(19)14-17(16)20/h12-14,18,21H,2-11H2,1H3. The van der Waals surface area contributed by atoms with E-state index in [4.69, 9.17) is 0 Å². The van der Waals surface area contributed by atoms with E-state index in [1.165, 1.54) is 57.1 Å². The molecule has 0 heterocycles. The number of aliphatic hydroxyl groups is 1. The van der Waals surface area contributed by atoms with E-state index in [9.17, 15) is 13.9 Å². The summed E-state index contributed by atoms with van der Waals surface area (Å²) >= 11 is 0. The predicted molar refractivity (Wildman–Crippen MR) is 83.2 cm³/mol. The van der Waals surface area contributed by atoms with E-state index < -0.39 is 17.7 Å². The lowest BCUT2D eigenvalue weighted by Gasteiger charge is -2.11. The number of hydrogen-bond donors (Lipinski definition) is 1. The van der Waals surface area contributed by atoms with Gasteiger partial charge in [-0.25, -0.2) is 8.78 Å². The average molecular weight is 298 g/mol. The molecule has 0 fully saturated rings. The van der Waals surface area contributed by atoms with Crippen molar-refractivity contribution < 1.29 is 13.9 Å². The first kappa shape index (κ1) is 18.1. The summed E-state index contributed by atoms with van der Waals surface area (Å²) in [6.07, 6.45) is 10.6. The number of halogens is 2. The van der Waals surface area contributed by atoms with Gasteiger partial charge in [0.2, 0.25) is 0 Å². The Balaban J connectivity index is 2.09. The molecule has 0 spiro atoms. The highest BCUT2D eigenvalue weighted by Gasteiger charge is 2.12. The fraction of sp³-hybridized carbons (Fsp3) is 0.667. The number of benzene rings is 1. The van der Waals surface area contributed by atoms with Crippen LogP contribution in [0.15, 0.2) is 18.2 Å². The zero-order valence-corrected chi connectivity index (χ0v) is 13.1. The lowest BCUT2D eigenvalue weighted by molar-refractivity contribution is 0.158. The summed E-state index contributed by atoms with van der Waals surface area (Å²) in [5.74, 6) is -1.26. The fourth-order valence-corrected chi connectivity index (χ4v) is 2.58. The number of rotatable bonds is 11. The minimum absolute atomic E-state index is 0.205. The molecule has 1 nitrogen and oxygen atoms in total. The second kappa shape index (κ2) is 10.7. The molecule has 1 rings (SSSR count). The summed E-state index contributed by atoms with van der Waals surface area (Å²) in [6, 6.07) is 3.36. The smallest absolute Gasteiger partial charge is 0.131 e. The van der Waals surface area contributed by atoms with Crippen LogP contribution in [0.3, 0.4) is 0 Å². The molecule has 0 aliphatic carbocycles. The molecular weight excluding hydrogens is 270 g/mol. The number of unbranched alkanes of at least 4 members (excludes halogenated alkanes) is 8. The van der Waals surface area contributed by atoms with Crippen LogP contribution in [-0.2, 0) is 0 Å². The van der Waals surface area contributed by atoms with Gasteiger partial charge < -0.3 is 5.11 Å². The van der Waals surface area contributed by atoms with Crippen LogP contribution in [0.25, 0.3) is 0 Å². The van der Waals surface area contributed by atoms with E-state index in [1.807, 2.05) is 0 Å². The molecular formula is C18H28F2O. The van der Waals surface area contributed by atoms with Crippen molar-refractivity contribution in [2.24, 2.45) is 0 Å². The SMILES string of the molecule is CCCCCCCCCCCC(O)c1ccc(F)cc1F. The van der Waals surface area contributed by atoms with Crippen LogP contribution in [0.1, 0.15) is 82.8 Å². The van der Waals surface area contributed by atoms with Crippen molar-refractivity contribution in [2.75, 3.05) is 0 Å². The van der Waals surface area contributed by atoms with E-state index in [2.05, 4.69) is 6.92 Å². The zero-order chi connectivity index (χ0) is 15.5.